The summed E-state index contributed by atoms with van der Waals surface area (Å²) in [6.45, 7) is 1.51. The van der Waals surface area contributed by atoms with Crippen LogP contribution in [-0.2, 0) is 0 Å². The van der Waals surface area contributed by atoms with Crippen molar-refractivity contribution in [1.29, 1.82) is 0 Å². The molecule has 0 spiro atoms. The highest BCUT2D eigenvalue weighted by Crippen LogP contribution is 2.24. The Balaban J connectivity index is 1.98. The predicted molar refractivity (Wildman–Crippen MR) is 83.5 cm³/mol. The molecule has 0 atom stereocenters. The van der Waals surface area contributed by atoms with Gasteiger partial charge in [-0.1, -0.05) is 5.21 Å². The third-order valence-corrected chi connectivity index (χ3v) is 3.44. The minimum atomic E-state index is -0.445. The largest absolute Gasteiger partial charge is 0.295 e. The van der Waals surface area contributed by atoms with Crippen LogP contribution >= 0.6 is 0 Å². The standard InChI is InChI=1S/C16H12N4O3/c1-11(21)12-2-6-14(7-3-12)19-16(10-17-18-19)13-4-8-15(9-5-13)20(22)23/h2-10H,1H3. The lowest BCUT2D eigenvalue weighted by Gasteiger charge is -2.07. The van der Waals surface area contributed by atoms with Crippen molar-refractivity contribution in [3.8, 4) is 16.9 Å². The third kappa shape index (κ3) is 2.84. The number of aromatic nitrogens is 3. The zero-order chi connectivity index (χ0) is 16.4. The Morgan fingerprint density at radius 2 is 1.74 bits per heavy atom. The lowest BCUT2D eigenvalue weighted by Crippen LogP contribution is -2.00. The Hall–Kier alpha value is -3.35. The molecule has 3 aromatic rings. The van der Waals surface area contributed by atoms with Crippen molar-refractivity contribution in [3.05, 3.63) is 70.4 Å². The summed E-state index contributed by atoms with van der Waals surface area (Å²) in [5.74, 6) is -0.00858. The first kappa shape index (κ1) is 14.6. The third-order valence-electron chi connectivity index (χ3n) is 3.44. The van der Waals surface area contributed by atoms with E-state index in [1.807, 2.05) is 0 Å². The first-order valence-corrected chi connectivity index (χ1v) is 6.83. The van der Waals surface area contributed by atoms with E-state index in [-0.39, 0.29) is 11.5 Å². The van der Waals surface area contributed by atoms with Gasteiger partial charge in [0.1, 0.15) is 0 Å². The number of hydrogen-bond donors (Lipinski definition) is 0. The molecule has 114 valence electrons. The minimum absolute atomic E-state index is 0.00858. The van der Waals surface area contributed by atoms with E-state index in [4.69, 9.17) is 0 Å². The molecule has 0 unspecified atom stereocenters. The number of Topliss-reactive ketones (excluding diaryl/α,β-unsaturated/α-hetero) is 1. The van der Waals surface area contributed by atoms with Crippen molar-refractivity contribution < 1.29 is 9.72 Å². The van der Waals surface area contributed by atoms with Gasteiger partial charge in [0.2, 0.25) is 0 Å². The summed E-state index contributed by atoms with van der Waals surface area (Å²) in [6.07, 6.45) is 1.58. The van der Waals surface area contributed by atoms with Gasteiger partial charge in [-0.3, -0.25) is 14.9 Å². The van der Waals surface area contributed by atoms with Crippen LogP contribution < -0.4 is 0 Å². The van der Waals surface area contributed by atoms with Crippen molar-refractivity contribution in [1.82, 2.24) is 15.0 Å². The molecule has 0 aliphatic heterocycles. The molecule has 7 heteroatoms. The van der Waals surface area contributed by atoms with E-state index in [1.54, 1.807) is 47.3 Å². The van der Waals surface area contributed by atoms with Gasteiger partial charge in [-0.25, -0.2) is 4.68 Å². The van der Waals surface area contributed by atoms with Crippen LogP contribution in [0.5, 0.6) is 0 Å². The van der Waals surface area contributed by atoms with Crippen molar-refractivity contribution in [2.24, 2.45) is 0 Å². The molecular weight excluding hydrogens is 296 g/mol. The number of hydrogen-bond acceptors (Lipinski definition) is 5. The molecule has 0 aliphatic carbocycles. The molecular formula is C16H12N4O3. The predicted octanol–water partition coefficient (Wildman–Crippen LogP) is 3.05. The second-order valence-corrected chi connectivity index (χ2v) is 4.94. The van der Waals surface area contributed by atoms with Gasteiger partial charge in [-0.05, 0) is 43.3 Å². The highest BCUT2D eigenvalue weighted by atomic mass is 16.6. The van der Waals surface area contributed by atoms with Gasteiger partial charge in [0, 0.05) is 23.3 Å². The van der Waals surface area contributed by atoms with Gasteiger partial charge in [-0.2, -0.15) is 0 Å². The first-order valence-electron chi connectivity index (χ1n) is 6.83. The Morgan fingerprint density at radius 3 is 2.30 bits per heavy atom. The molecule has 0 aliphatic rings. The smallest absolute Gasteiger partial charge is 0.269 e. The average Bonchev–Trinajstić information content (AvgIpc) is 3.04. The summed E-state index contributed by atoms with van der Waals surface area (Å²) in [7, 11) is 0. The number of nitro benzene ring substituents is 1. The summed E-state index contributed by atoms with van der Waals surface area (Å²) < 4.78 is 1.62. The fourth-order valence-corrected chi connectivity index (χ4v) is 2.21. The molecule has 23 heavy (non-hydrogen) atoms. The molecule has 1 heterocycles. The van der Waals surface area contributed by atoms with E-state index < -0.39 is 4.92 Å². The molecule has 0 fully saturated rings. The van der Waals surface area contributed by atoms with Crippen LogP contribution in [-0.4, -0.2) is 25.7 Å². The first-order chi connectivity index (χ1) is 11.1. The average molecular weight is 308 g/mol. The normalized spacial score (nSPS) is 10.5. The molecule has 0 saturated heterocycles. The Labute approximate surface area is 131 Å². The van der Waals surface area contributed by atoms with E-state index in [2.05, 4.69) is 10.3 Å². The van der Waals surface area contributed by atoms with Gasteiger partial charge in [-0.15, -0.1) is 5.10 Å². The fourth-order valence-electron chi connectivity index (χ4n) is 2.21. The van der Waals surface area contributed by atoms with Crippen LogP contribution in [0.2, 0.25) is 0 Å². The van der Waals surface area contributed by atoms with E-state index in [0.29, 0.717) is 11.3 Å². The topological polar surface area (TPSA) is 90.9 Å². The van der Waals surface area contributed by atoms with E-state index in [1.165, 1.54) is 19.1 Å². The highest BCUT2D eigenvalue weighted by molar-refractivity contribution is 5.94. The van der Waals surface area contributed by atoms with Crippen molar-refractivity contribution >= 4 is 11.5 Å². The zero-order valence-corrected chi connectivity index (χ0v) is 12.2. The maximum absolute atomic E-state index is 11.3. The number of benzene rings is 2. The minimum Gasteiger partial charge on any atom is -0.295 e. The second kappa shape index (κ2) is 5.80. The van der Waals surface area contributed by atoms with Crippen LogP contribution in [0.15, 0.2) is 54.7 Å². The van der Waals surface area contributed by atoms with Gasteiger partial charge >= 0.3 is 0 Å². The van der Waals surface area contributed by atoms with Crippen LogP contribution in [0, 0.1) is 10.1 Å². The van der Waals surface area contributed by atoms with Crippen LogP contribution in [0.1, 0.15) is 17.3 Å². The van der Waals surface area contributed by atoms with Crippen molar-refractivity contribution in [3.63, 3.8) is 0 Å². The van der Waals surface area contributed by atoms with Crippen molar-refractivity contribution in [2.75, 3.05) is 0 Å². The SMILES string of the molecule is CC(=O)c1ccc(-n2nncc2-c2ccc([N+](=O)[O-])cc2)cc1. The van der Waals surface area contributed by atoms with Crippen molar-refractivity contribution in [2.45, 2.75) is 6.92 Å². The van der Waals surface area contributed by atoms with E-state index in [9.17, 15) is 14.9 Å². The molecule has 3 rings (SSSR count). The molecule has 0 amide bonds. The highest BCUT2D eigenvalue weighted by Gasteiger charge is 2.11. The van der Waals surface area contributed by atoms with Gasteiger partial charge < -0.3 is 0 Å². The van der Waals surface area contributed by atoms with E-state index in [0.717, 1.165) is 11.3 Å². The number of carbonyl (C=O) groups is 1. The van der Waals surface area contributed by atoms with E-state index >= 15 is 0 Å². The molecule has 0 saturated carbocycles. The molecule has 7 nitrogen and oxygen atoms in total. The maximum atomic E-state index is 11.3. The summed E-state index contributed by atoms with van der Waals surface area (Å²) in [4.78, 5) is 21.6. The molecule has 1 aromatic heterocycles. The lowest BCUT2D eigenvalue weighted by molar-refractivity contribution is -0.384. The van der Waals surface area contributed by atoms with Gasteiger partial charge in [0.15, 0.2) is 5.78 Å². The number of ketones is 1. The molecule has 2 aromatic carbocycles. The molecule has 0 radical (unpaired) electrons. The summed E-state index contributed by atoms with van der Waals surface area (Å²) in [5, 5.41) is 18.7. The maximum Gasteiger partial charge on any atom is 0.269 e. The number of rotatable bonds is 4. The fraction of sp³-hybridized carbons (Fsp3) is 0.0625. The molecule has 0 bridgehead atoms. The summed E-state index contributed by atoms with van der Waals surface area (Å²) in [5.41, 5.74) is 2.86. The molecule has 0 N–H and O–H groups in total. The number of nitrogens with zero attached hydrogens (tertiary/aromatic N) is 4. The summed E-state index contributed by atoms with van der Waals surface area (Å²) >= 11 is 0. The quantitative estimate of drug-likeness (QED) is 0.419. The van der Waals surface area contributed by atoms with Crippen LogP contribution in [0.3, 0.4) is 0 Å². The van der Waals surface area contributed by atoms with Crippen LogP contribution in [0.4, 0.5) is 5.69 Å². The number of nitro groups is 1. The van der Waals surface area contributed by atoms with Gasteiger partial charge in [0.05, 0.1) is 22.5 Å². The Morgan fingerprint density at radius 1 is 1.09 bits per heavy atom. The second-order valence-electron chi connectivity index (χ2n) is 4.94. The zero-order valence-electron chi connectivity index (χ0n) is 12.2. The lowest BCUT2D eigenvalue weighted by atomic mass is 10.1. The summed E-state index contributed by atoms with van der Waals surface area (Å²) in [6, 6.07) is 13.2. The number of non-ortho nitro benzene ring substituents is 1. The number of carbonyl (C=O) groups excluding carboxylic acids is 1. The Kier molecular flexibility index (Phi) is 3.68. The monoisotopic (exact) mass is 308 g/mol. The van der Waals surface area contributed by atoms with Gasteiger partial charge in [0.25, 0.3) is 5.69 Å². The Bertz CT molecular complexity index is 795. The van der Waals surface area contributed by atoms with Crippen LogP contribution in [0.25, 0.3) is 16.9 Å².